The Labute approximate surface area is 82.3 Å². The van der Waals surface area contributed by atoms with E-state index in [9.17, 15) is 0 Å². The van der Waals surface area contributed by atoms with E-state index < -0.39 is 0 Å². The monoisotopic (exact) mass is 181 g/mol. The summed E-state index contributed by atoms with van der Waals surface area (Å²) in [5, 5.41) is 3.80. The summed E-state index contributed by atoms with van der Waals surface area (Å²) in [7, 11) is 0. The number of nitrogens with one attached hydrogen (secondary N) is 1. The molecule has 0 amide bonds. The van der Waals surface area contributed by atoms with E-state index in [0.717, 1.165) is 0 Å². The first-order valence-electron chi connectivity index (χ1n) is 5.87. The van der Waals surface area contributed by atoms with Gasteiger partial charge in [-0.2, -0.15) is 0 Å². The van der Waals surface area contributed by atoms with Gasteiger partial charge in [0.1, 0.15) is 0 Å². The number of rotatable bonds is 3. The number of hydrogen-bond acceptors (Lipinski definition) is 1. The molecule has 2 fully saturated rings. The summed E-state index contributed by atoms with van der Waals surface area (Å²) in [6, 6.07) is 0. The molecule has 2 saturated carbocycles. The summed E-state index contributed by atoms with van der Waals surface area (Å²) in [6.45, 7) is 6.09. The van der Waals surface area contributed by atoms with Gasteiger partial charge in [0, 0.05) is 12.1 Å². The van der Waals surface area contributed by atoms with Gasteiger partial charge in [-0.25, -0.2) is 0 Å². The average Bonchev–Trinajstić information content (AvgIpc) is 2.46. The zero-order chi connectivity index (χ0) is 9.36. The topological polar surface area (TPSA) is 12.0 Å². The molecule has 0 aromatic rings. The second kappa shape index (κ2) is 3.27. The highest BCUT2D eigenvalue weighted by Gasteiger charge is 2.35. The zero-order valence-electron chi connectivity index (χ0n) is 9.16. The van der Waals surface area contributed by atoms with Crippen molar-refractivity contribution in [2.75, 3.05) is 6.54 Å². The van der Waals surface area contributed by atoms with Crippen molar-refractivity contribution in [2.45, 2.75) is 64.3 Å². The van der Waals surface area contributed by atoms with Crippen molar-refractivity contribution >= 4 is 0 Å². The summed E-state index contributed by atoms with van der Waals surface area (Å²) < 4.78 is 0. The Hall–Kier alpha value is -0.0400. The maximum atomic E-state index is 3.80. The molecule has 0 unspecified atom stereocenters. The molecule has 0 heterocycles. The van der Waals surface area contributed by atoms with E-state index in [-0.39, 0.29) is 0 Å². The van der Waals surface area contributed by atoms with E-state index in [2.05, 4.69) is 19.2 Å². The van der Waals surface area contributed by atoms with Gasteiger partial charge in [-0.3, -0.25) is 0 Å². The van der Waals surface area contributed by atoms with Crippen LogP contribution in [0.25, 0.3) is 0 Å². The molecule has 0 spiro atoms. The molecule has 13 heavy (non-hydrogen) atoms. The van der Waals surface area contributed by atoms with E-state index in [1.165, 1.54) is 51.5 Å². The Morgan fingerprint density at radius 2 is 1.54 bits per heavy atom. The molecule has 1 nitrogen and oxygen atoms in total. The van der Waals surface area contributed by atoms with Crippen molar-refractivity contribution in [3.63, 3.8) is 0 Å². The van der Waals surface area contributed by atoms with Crippen LogP contribution in [0.3, 0.4) is 0 Å². The summed E-state index contributed by atoms with van der Waals surface area (Å²) in [6.07, 6.45) is 9.98. The maximum Gasteiger partial charge on any atom is 0.0153 e. The fourth-order valence-electron chi connectivity index (χ4n) is 2.72. The molecule has 0 aromatic heterocycles. The first kappa shape index (κ1) is 9.51. The SMILES string of the molecule is CC1(CNC2(C)CCCC2)CCC1. The lowest BCUT2D eigenvalue weighted by molar-refractivity contribution is 0.138. The molecule has 0 atom stereocenters. The molecule has 1 heteroatoms. The van der Waals surface area contributed by atoms with Gasteiger partial charge < -0.3 is 5.32 Å². The Balaban J connectivity index is 1.77. The van der Waals surface area contributed by atoms with Gasteiger partial charge in [0.15, 0.2) is 0 Å². The largest absolute Gasteiger partial charge is 0.311 e. The lowest BCUT2D eigenvalue weighted by Crippen LogP contribution is -2.47. The number of hydrogen-bond donors (Lipinski definition) is 1. The van der Waals surface area contributed by atoms with Gasteiger partial charge >= 0.3 is 0 Å². The van der Waals surface area contributed by atoms with Crippen LogP contribution in [0.2, 0.25) is 0 Å². The lowest BCUT2D eigenvalue weighted by Gasteiger charge is -2.41. The fourth-order valence-corrected chi connectivity index (χ4v) is 2.72. The van der Waals surface area contributed by atoms with Gasteiger partial charge in [0.2, 0.25) is 0 Å². The molecule has 2 aliphatic rings. The van der Waals surface area contributed by atoms with Crippen LogP contribution < -0.4 is 5.32 Å². The van der Waals surface area contributed by atoms with E-state index in [1.807, 2.05) is 0 Å². The average molecular weight is 181 g/mol. The second-order valence-corrected chi connectivity index (χ2v) is 5.79. The minimum absolute atomic E-state index is 0.485. The van der Waals surface area contributed by atoms with Crippen LogP contribution in [0, 0.1) is 5.41 Å². The second-order valence-electron chi connectivity index (χ2n) is 5.79. The Bertz CT molecular complexity index is 176. The van der Waals surface area contributed by atoms with Crippen LogP contribution in [0.15, 0.2) is 0 Å². The van der Waals surface area contributed by atoms with E-state index >= 15 is 0 Å². The van der Waals surface area contributed by atoms with E-state index in [0.29, 0.717) is 11.0 Å². The normalized spacial score (nSPS) is 30.0. The molecule has 1 N–H and O–H groups in total. The molecular formula is C12H23N. The minimum Gasteiger partial charge on any atom is -0.311 e. The molecular weight excluding hydrogens is 158 g/mol. The van der Waals surface area contributed by atoms with Crippen LogP contribution in [-0.4, -0.2) is 12.1 Å². The Kier molecular flexibility index (Phi) is 2.39. The van der Waals surface area contributed by atoms with Crippen molar-refractivity contribution in [1.29, 1.82) is 0 Å². The van der Waals surface area contributed by atoms with Gasteiger partial charge in [0.05, 0.1) is 0 Å². The molecule has 76 valence electrons. The highest BCUT2D eigenvalue weighted by atomic mass is 15.0. The van der Waals surface area contributed by atoms with Crippen LogP contribution in [0.1, 0.15) is 58.8 Å². The van der Waals surface area contributed by atoms with Crippen LogP contribution >= 0.6 is 0 Å². The molecule has 0 radical (unpaired) electrons. The Morgan fingerprint density at radius 1 is 0.923 bits per heavy atom. The molecule has 0 saturated heterocycles. The van der Waals surface area contributed by atoms with Gasteiger partial charge in [-0.05, 0) is 38.0 Å². The third-order valence-corrected chi connectivity index (χ3v) is 4.21. The quantitative estimate of drug-likeness (QED) is 0.705. The zero-order valence-corrected chi connectivity index (χ0v) is 9.16. The first-order chi connectivity index (χ1) is 6.12. The summed E-state index contributed by atoms with van der Waals surface area (Å²) >= 11 is 0. The summed E-state index contributed by atoms with van der Waals surface area (Å²) in [5.41, 5.74) is 1.13. The molecule has 2 aliphatic carbocycles. The van der Waals surface area contributed by atoms with Crippen molar-refractivity contribution in [3.8, 4) is 0 Å². The van der Waals surface area contributed by atoms with E-state index in [4.69, 9.17) is 0 Å². The van der Waals surface area contributed by atoms with Crippen LogP contribution in [-0.2, 0) is 0 Å². The van der Waals surface area contributed by atoms with Gasteiger partial charge in [-0.1, -0.05) is 26.2 Å². The summed E-state index contributed by atoms with van der Waals surface area (Å²) in [4.78, 5) is 0. The molecule has 2 rings (SSSR count). The van der Waals surface area contributed by atoms with Crippen molar-refractivity contribution in [2.24, 2.45) is 5.41 Å². The lowest BCUT2D eigenvalue weighted by atomic mass is 9.70. The fraction of sp³-hybridized carbons (Fsp3) is 1.00. The maximum absolute atomic E-state index is 3.80. The van der Waals surface area contributed by atoms with Crippen molar-refractivity contribution in [1.82, 2.24) is 5.32 Å². The third kappa shape index (κ3) is 2.07. The predicted molar refractivity (Wildman–Crippen MR) is 56.8 cm³/mol. The predicted octanol–water partition coefficient (Wildman–Crippen LogP) is 3.10. The molecule has 0 aliphatic heterocycles. The van der Waals surface area contributed by atoms with E-state index in [1.54, 1.807) is 0 Å². The summed E-state index contributed by atoms with van der Waals surface area (Å²) in [5.74, 6) is 0. The minimum atomic E-state index is 0.485. The van der Waals surface area contributed by atoms with Crippen molar-refractivity contribution < 1.29 is 0 Å². The van der Waals surface area contributed by atoms with Crippen LogP contribution in [0.5, 0.6) is 0 Å². The molecule has 0 aromatic carbocycles. The smallest absolute Gasteiger partial charge is 0.0153 e. The first-order valence-corrected chi connectivity index (χ1v) is 5.87. The molecule has 0 bridgehead atoms. The van der Waals surface area contributed by atoms with Crippen LogP contribution in [0.4, 0.5) is 0 Å². The highest BCUT2D eigenvalue weighted by Crippen LogP contribution is 2.40. The van der Waals surface area contributed by atoms with Crippen molar-refractivity contribution in [3.05, 3.63) is 0 Å². The standard InChI is InChI=1S/C12H23N/c1-11(6-5-7-11)10-13-12(2)8-3-4-9-12/h13H,3-10H2,1-2H3. The Morgan fingerprint density at radius 3 is 2.00 bits per heavy atom. The van der Waals surface area contributed by atoms with Gasteiger partial charge in [-0.15, -0.1) is 0 Å². The third-order valence-electron chi connectivity index (χ3n) is 4.21. The highest BCUT2D eigenvalue weighted by molar-refractivity contribution is 4.93. The van der Waals surface area contributed by atoms with Gasteiger partial charge in [0.25, 0.3) is 0 Å².